The highest BCUT2D eigenvalue weighted by molar-refractivity contribution is 5.66. The number of carboxylic acid groups (broad SMARTS) is 1. The number of aryl methyl sites for hydroxylation is 1. The van der Waals surface area contributed by atoms with Crippen LogP contribution in [-0.2, 0) is 4.79 Å². The third-order valence-electron chi connectivity index (χ3n) is 2.51. The molecule has 0 saturated carbocycles. The molecule has 0 radical (unpaired) electrons. The number of aromatic nitrogens is 1. The van der Waals surface area contributed by atoms with Gasteiger partial charge in [0.25, 0.3) is 0 Å². The van der Waals surface area contributed by atoms with Gasteiger partial charge in [0.15, 0.2) is 0 Å². The van der Waals surface area contributed by atoms with Crippen LogP contribution in [0.3, 0.4) is 0 Å². The molecule has 2 N–H and O–H groups in total. The molecule has 0 spiro atoms. The second-order valence-corrected chi connectivity index (χ2v) is 4.09. The maximum Gasteiger partial charge on any atom is 0.303 e. The van der Waals surface area contributed by atoms with Crippen molar-refractivity contribution in [2.45, 2.75) is 32.6 Å². The summed E-state index contributed by atoms with van der Waals surface area (Å²) in [5, 5.41) is 20.5. The van der Waals surface area contributed by atoms with Gasteiger partial charge in [-0.1, -0.05) is 6.42 Å². The number of hydrogen-bond donors (Lipinski definition) is 2. The van der Waals surface area contributed by atoms with E-state index in [1.807, 2.05) is 6.92 Å². The molecule has 0 saturated heterocycles. The standard InChI is InChI=1S/C13H17N3O2/c1-10-6-7-11(9-14)13(16-10)15-8-4-2-3-5-12(17)18/h6-7H,2-5,8H2,1H3,(H,15,16)(H,17,18). The molecule has 0 aliphatic heterocycles. The van der Waals surface area contributed by atoms with E-state index in [4.69, 9.17) is 10.4 Å². The van der Waals surface area contributed by atoms with Crippen LogP contribution in [0.5, 0.6) is 0 Å². The van der Waals surface area contributed by atoms with E-state index in [-0.39, 0.29) is 6.42 Å². The Kier molecular flexibility index (Phi) is 5.65. The van der Waals surface area contributed by atoms with Crippen LogP contribution in [0.2, 0.25) is 0 Å². The SMILES string of the molecule is Cc1ccc(C#N)c(NCCCCCC(=O)O)n1. The van der Waals surface area contributed by atoms with Crippen molar-refractivity contribution in [1.29, 1.82) is 5.26 Å². The number of carboxylic acids is 1. The minimum absolute atomic E-state index is 0.214. The van der Waals surface area contributed by atoms with Gasteiger partial charge in [0.1, 0.15) is 11.9 Å². The molecule has 18 heavy (non-hydrogen) atoms. The first kappa shape index (κ1) is 14.0. The molecule has 0 aromatic carbocycles. The highest BCUT2D eigenvalue weighted by Crippen LogP contribution is 2.12. The molecule has 0 atom stereocenters. The van der Waals surface area contributed by atoms with Crippen LogP contribution >= 0.6 is 0 Å². The minimum Gasteiger partial charge on any atom is -0.481 e. The lowest BCUT2D eigenvalue weighted by Crippen LogP contribution is -2.06. The Morgan fingerprint density at radius 2 is 2.22 bits per heavy atom. The first-order valence-corrected chi connectivity index (χ1v) is 5.97. The summed E-state index contributed by atoms with van der Waals surface area (Å²) in [6, 6.07) is 5.63. The molecular weight excluding hydrogens is 230 g/mol. The predicted molar refractivity (Wildman–Crippen MR) is 68.3 cm³/mol. The number of aliphatic carboxylic acids is 1. The average Bonchev–Trinajstić information content (AvgIpc) is 2.33. The molecule has 5 heteroatoms. The van der Waals surface area contributed by atoms with Crippen LogP contribution in [0.15, 0.2) is 12.1 Å². The summed E-state index contributed by atoms with van der Waals surface area (Å²) in [5.74, 6) is -0.147. The van der Waals surface area contributed by atoms with E-state index in [0.29, 0.717) is 24.3 Å². The number of nitriles is 1. The summed E-state index contributed by atoms with van der Waals surface area (Å²) in [6.07, 6.45) is 2.62. The average molecular weight is 247 g/mol. The lowest BCUT2D eigenvalue weighted by molar-refractivity contribution is -0.137. The molecular formula is C13H17N3O2. The van der Waals surface area contributed by atoms with E-state index in [0.717, 1.165) is 18.5 Å². The lowest BCUT2D eigenvalue weighted by atomic mass is 10.2. The maximum atomic E-state index is 10.3. The number of anilines is 1. The summed E-state index contributed by atoms with van der Waals surface area (Å²) in [5.41, 5.74) is 1.40. The van der Waals surface area contributed by atoms with Crippen molar-refractivity contribution in [1.82, 2.24) is 4.98 Å². The smallest absolute Gasteiger partial charge is 0.303 e. The summed E-state index contributed by atoms with van der Waals surface area (Å²) in [4.78, 5) is 14.6. The summed E-state index contributed by atoms with van der Waals surface area (Å²) in [6.45, 7) is 2.57. The molecule has 5 nitrogen and oxygen atoms in total. The molecule has 0 unspecified atom stereocenters. The van der Waals surface area contributed by atoms with Crippen LogP contribution in [0.1, 0.15) is 36.9 Å². The van der Waals surface area contributed by atoms with Crippen molar-refractivity contribution in [3.8, 4) is 6.07 Å². The lowest BCUT2D eigenvalue weighted by Gasteiger charge is -2.07. The van der Waals surface area contributed by atoms with E-state index in [1.54, 1.807) is 12.1 Å². The number of nitrogens with zero attached hydrogens (tertiary/aromatic N) is 2. The molecule has 0 amide bonds. The summed E-state index contributed by atoms with van der Waals surface area (Å²) in [7, 11) is 0. The number of nitrogens with one attached hydrogen (secondary N) is 1. The van der Waals surface area contributed by atoms with Gasteiger partial charge in [-0.15, -0.1) is 0 Å². The Hall–Kier alpha value is -2.09. The zero-order valence-electron chi connectivity index (χ0n) is 10.4. The number of pyridine rings is 1. The van der Waals surface area contributed by atoms with Gasteiger partial charge < -0.3 is 10.4 Å². The van der Waals surface area contributed by atoms with Gasteiger partial charge in [-0.05, 0) is 31.9 Å². The summed E-state index contributed by atoms with van der Waals surface area (Å²) >= 11 is 0. The van der Waals surface area contributed by atoms with Crippen LogP contribution in [0.25, 0.3) is 0 Å². The molecule has 0 bridgehead atoms. The second kappa shape index (κ2) is 7.28. The van der Waals surface area contributed by atoms with Gasteiger partial charge >= 0.3 is 5.97 Å². The first-order chi connectivity index (χ1) is 8.63. The third-order valence-corrected chi connectivity index (χ3v) is 2.51. The second-order valence-electron chi connectivity index (χ2n) is 4.09. The van der Waals surface area contributed by atoms with Crippen molar-refractivity contribution < 1.29 is 9.90 Å². The fourth-order valence-electron chi connectivity index (χ4n) is 1.57. The van der Waals surface area contributed by atoms with Crippen molar-refractivity contribution >= 4 is 11.8 Å². The van der Waals surface area contributed by atoms with Crippen molar-refractivity contribution in [3.05, 3.63) is 23.4 Å². The molecule has 96 valence electrons. The van der Waals surface area contributed by atoms with Gasteiger partial charge in [-0.3, -0.25) is 4.79 Å². The largest absolute Gasteiger partial charge is 0.481 e. The highest BCUT2D eigenvalue weighted by Gasteiger charge is 2.03. The first-order valence-electron chi connectivity index (χ1n) is 5.97. The van der Waals surface area contributed by atoms with Gasteiger partial charge in [0, 0.05) is 18.7 Å². The predicted octanol–water partition coefficient (Wildman–Crippen LogP) is 2.32. The Balaban J connectivity index is 2.33. The molecule has 1 rings (SSSR count). The van der Waals surface area contributed by atoms with Gasteiger partial charge in [-0.25, -0.2) is 4.98 Å². The topological polar surface area (TPSA) is 86.0 Å². The minimum atomic E-state index is -0.755. The van der Waals surface area contributed by atoms with Crippen LogP contribution in [-0.4, -0.2) is 22.6 Å². The van der Waals surface area contributed by atoms with E-state index in [1.165, 1.54) is 0 Å². The zero-order chi connectivity index (χ0) is 13.4. The number of rotatable bonds is 7. The fourth-order valence-corrected chi connectivity index (χ4v) is 1.57. The molecule has 1 aromatic rings. The molecule has 0 aliphatic carbocycles. The van der Waals surface area contributed by atoms with Crippen LogP contribution in [0, 0.1) is 18.3 Å². The van der Waals surface area contributed by atoms with Crippen LogP contribution in [0.4, 0.5) is 5.82 Å². The monoisotopic (exact) mass is 247 g/mol. The van der Waals surface area contributed by atoms with Gasteiger partial charge in [0.05, 0.1) is 5.56 Å². The molecule has 0 aliphatic rings. The number of unbranched alkanes of at least 4 members (excludes halogenated alkanes) is 2. The quantitative estimate of drug-likeness (QED) is 0.722. The Morgan fingerprint density at radius 1 is 1.44 bits per heavy atom. The molecule has 1 aromatic heterocycles. The normalized spacial score (nSPS) is 9.78. The zero-order valence-corrected chi connectivity index (χ0v) is 10.4. The maximum absolute atomic E-state index is 10.3. The summed E-state index contributed by atoms with van der Waals surface area (Å²) < 4.78 is 0. The molecule has 1 heterocycles. The number of carbonyl (C=O) groups is 1. The number of hydrogen-bond acceptors (Lipinski definition) is 4. The third kappa shape index (κ3) is 4.83. The Morgan fingerprint density at radius 3 is 2.89 bits per heavy atom. The van der Waals surface area contributed by atoms with Crippen molar-refractivity contribution in [2.75, 3.05) is 11.9 Å². The van der Waals surface area contributed by atoms with Crippen molar-refractivity contribution in [2.24, 2.45) is 0 Å². The highest BCUT2D eigenvalue weighted by atomic mass is 16.4. The van der Waals surface area contributed by atoms with E-state index < -0.39 is 5.97 Å². The Bertz CT molecular complexity index is 452. The van der Waals surface area contributed by atoms with Crippen LogP contribution < -0.4 is 5.32 Å². The van der Waals surface area contributed by atoms with E-state index >= 15 is 0 Å². The van der Waals surface area contributed by atoms with Crippen molar-refractivity contribution in [3.63, 3.8) is 0 Å². The van der Waals surface area contributed by atoms with E-state index in [2.05, 4.69) is 16.4 Å². The van der Waals surface area contributed by atoms with Gasteiger partial charge in [0.2, 0.25) is 0 Å². The van der Waals surface area contributed by atoms with Gasteiger partial charge in [-0.2, -0.15) is 5.26 Å². The Labute approximate surface area is 106 Å². The fraction of sp³-hybridized carbons (Fsp3) is 0.462. The van der Waals surface area contributed by atoms with E-state index in [9.17, 15) is 4.79 Å². The molecule has 0 fully saturated rings.